The number of nitrogens with one attached hydrogen (secondary N) is 1. The number of ketones is 1. The first-order chi connectivity index (χ1) is 16.4. The molecule has 0 bridgehead atoms. The lowest BCUT2D eigenvalue weighted by atomic mass is 9.71. The van der Waals surface area contributed by atoms with E-state index in [4.69, 9.17) is 0 Å². The van der Waals surface area contributed by atoms with Crippen molar-refractivity contribution in [1.82, 2.24) is 9.88 Å². The normalized spacial score (nSPS) is 18.0. The summed E-state index contributed by atoms with van der Waals surface area (Å²) in [6.07, 6.45) is 0. The van der Waals surface area contributed by atoms with E-state index in [0.717, 1.165) is 18.8 Å². The van der Waals surface area contributed by atoms with Crippen molar-refractivity contribution in [1.29, 1.82) is 5.26 Å². The van der Waals surface area contributed by atoms with Crippen LogP contribution in [0.2, 0.25) is 0 Å². The van der Waals surface area contributed by atoms with E-state index in [1.54, 1.807) is 24.3 Å². The highest BCUT2D eigenvalue weighted by atomic mass is 32.2. The predicted octanol–water partition coefficient (Wildman–Crippen LogP) is 3.69. The number of hydrogen-bond donors (Lipinski definition) is 2. The number of benzene rings is 2. The summed E-state index contributed by atoms with van der Waals surface area (Å²) in [5, 5.41) is 9.97. The monoisotopic (exact) mass is 492 g/mol. The molecule has 2 aliphatic rings. The Morgan fingerprint density at radius 2 is 1.80 bits per heavy atom. The molecule has 182 valence electrons. The van der Waals surface area contributed by atoms with Crippen LogP contribution in [0.15, 0.2) is 35.2 Å². The summed E-state index contributed by atoms with van der Waals surface area (Å²) in [6.45, 7) is 11.0. The van der Waals surface area contributed by atoms with Crippen molar-refractivity contribution >= 4 is 32.5 Å². The zero-order valence-corrected chi connectivity index (χ0v) is 21.0. The smallest absolute Gasteiger partial charge is 0.296 e. The summed E-state index contributed by atoms with van der Waals surface area (Å²) in [7, 11) is -4.57. The third kappa shape index (κ3) is 3.64. The number of nitrogens with zero attached hydrogens (tertiary/aromatic N) is 3. The quantitative estimate of drug-likeness (QED) is 0.536. The predicted molar refractivity (Wildman–Crippen MR) is 134 cm³/mol. The van der Waals surface area contributed by atoms with E-state index in [1.807, 2.05) is 18.7 Å². The Kier molecular flexibility index (Phi) is 5.33. The van der Waals surface area contributed by atoms with Gasteiger partial charge in [-0.25, -0.2) is 0 Å². The molecule has 0 saturated carbocycles. The van der Waals surface area contributed by atoms with Crippen molar-refractivity contribution in [2.75, 3.05) is 31.1 Å². The second-order valence-electron chi connectivity index (χ2n) is 10.2. The molecule has 1 aliphatic heterocycles. The molecule has 8 nitrogen and oxygen atoms in total. The molecule has 0 unspecified atom stereocenters. The average Bonchev–Trinajstić information content (AvgIpc) is 3.21. The molecule has 3 aromatic rings. The average molecular weight is 493 g/mol. The molecule has 9 heteroatoms. The molecule has 35 heavy (non-hydrogen) atoms. The molecule has 2 aromatic carbocycles. The van der Waals surface area contributed by atoms with Gasteiger partial charge in [-0.05, 0) is 43.7 Å². The highest BCUT2D eigenvalue weighted by Crippen LogP contribution is 2.46. The molecular formula is C26H28N4O4S. The number of anilines is 1. The molecule has 1 fully saturated rings. The first kappa shape index (κ1) is 23.5. The van der Waals surface area contributed by atoms with Crippen molar-refractivity contribution in [2.24, 2.45) is 0 Å². The standard InChI is InChI=1S/C26H28N4O4S/c1-15(2)29-7-9-30(10-8-29)21-13-19-18(12-22(21)35(32,33)34)24(31)23-17-6-5-16(14-27)11-20(17)28-25(23)26(19,3)4/h5-6,11-13,15,28H,7-10H2,1-4H3,(H,32,33,34). The van der Waals surface area contributed by atoms with Crippen LogP contribution >= 0.6 is 0 Å². The Morgan fingerprint density at radius 1 is 1.11 bits per heavy atom. The van der Waals surface area contributed by atoms with E-state index < -0.39 is 15.5 Å². The molecule has 1 aromatic heterocycles. The van der Waals surface area contributed by atoms with Crippen LogP contribution in [-0.4, -0.2) is 60.9 Å². The van der Waals surface area contributed by atoms with Crippen LogP contribution in [0.1, 0.15) is 60.4 Å². The summed E-state index contributed by atoms with van der Waals surface area (Å²) >= 11 is 0. The molecule has 1 aliphatic carbocycles. The number of carbonyl (C=O) groups excluding carboxylic acids is 1. The number of nitriles is 1. The first-order valence-corrected chi connectivity index (χ1v) is 13.1. The van der Waals surface area contributed by atoms with E-state index >= 15 is 0 Å². The van der Waals surface area contributed by atoms with Crippen LogP contribution in [-0.2, 0) is 15.5 Å². The molecule has 0 radical (unpaired) electrons. The third-order valence-corrected chi connectivity index (χ3v) is 8.34. The summed E-state index contributed by atoms with van der Waals surface area (Å²) in [5.41, 5.74) is 3.12. The molecule has 0 amide bonds. The Hall–Kier alpha value is -3.19. The maximum Gasteiger partial charge on any atom is 0.296 e. The minimum absolute atomic E-state index is 0.242. The summed E-state index contributed by atoms with van der Waals surface area (Å²) in [6, 6.07) is 10.7. The number of rotatable bonds is 3. The molecule has 0 atom stereocenters. The van der Waals surface area contributed by atoms with Gasteiger partial charge in [0, 0.05) is 59.8 Å². The number of aromatic amines is 1. The van der Waals surface area contributed by atoms with Gasteiger partial charge in [0.15, 0.2) is 5.78 Å². The van der Waals surface area contributed by atoms with Gasteiger partial charge in [0.25, 0.3) is 10.1 Å². The number of carbonyl (C=O) groups is 1. The second-order valence-corrected chi connectivity index (χ2v) is 11.5. The van der Waals surface area contributed by atoms with Crippen LogP contribution in [0.3, 0.4) is 0 Å². The Bertz CT molecular complexity index is 1520. The lowest BCUT2D eigenvalue weighted by Crippen LogP contribution is -2.49. The zero-order valence-electron chi connectivity index (χ0n) is 20.2. The Labute approximate surface area is 204 Å². The van der Waals surface area contributed by atoms with Gasteiger partial charge in [-0.2, -0.15) is 13.7 Å². The van der Waals surface area contributed by atoms with Crippen LogP contribution in [0.4, 0.5) is 5.69 Å². The van der Waals surface area contributed by atoms with E-state index in [-0.39, 0.29) is 16.2 Å². The van der Waals surface area contributed by atoms with E-state index in [0.29, 0.717) is 52.4 Å². The zero-order chi connectivity index (χ0) is 25.3. The lowest BCUT2D eigenvalue weighted by Gasteiger charge is -2.40. The fourth-order valence-electron chi connectivity index (χ4n) is 5.45. The Morgan fingerprint density at radius 3 is 2.40 bits per heavy atom. The van der Waals surface area contributed by atoms with Crippen molar-refractivity contribution in [3.8, 4) is 6.07 Å². The van der Waals surface area contributed by atoms with Crippen LogP contribution in [0.25, 0.3) is 10.9 Å². The Balaban J connectivity index is 1.70. The lowest BCUT2D eigenvalue weighted by molar-refractivity contribution is 0.103. The third-order valence-electron chi connectivity index (χ3n) is 7.46. The number of hydrogen-bond acceptors (Lipinski definition) is 6. The van der Waals surface area contributed by atoms with Gasteiger partial charge >= 0.3 is 0 Å². The number of piperazine rings is 1. The summed E-state index contributed by atoms with van der Waals surface area (Å²) in [4.78, 5) is 21.1. The highest BCUT2D eigenvalue weighted by Gasteiger charge is 2.41. The SMILES string of the molecule is CC(C)N1CCN(c2cc3c(cc2S(=O)(=O)O)C(=O)c2c([nH]c4cc(C#N)ccc24)C3(C)C)CC1. The van der Waals surface area contributed by atoms with Gasteiger partial charge in [0.1, 0.15) is 4.90 Å². The molecule has 0 spiro atoms. The summed E-state index contributed by atoms with van der Waals surface area (Å²) in [5.74, 6) is -0.300. The minimum atomic E-state index is -4.57. The van der Waals surface area contributed by atoms with Gasteiger partial charge in [-0.3, -0.25) is 14.2 Å². The second kappa shape index (κ2) is 7.92. The van der Waals surface area contributed by atoms with Gasteiger partial charge < -0.3 is 9.88 Å². The molecular weight excluding hydrogens is 464 g/mol. The molecule has 1 saturated heterocycles. The first-order valence-electron chi connectivity index (χ1n) is 11.7. The van der Waals surface area contributed by atoms with E-state index in [2.05, 4.69) is 29.8 Å². The fraction of sp³-hybridized carbons (Fsp3) is 0.385. The van der Waals surface area contributed by atoms with Gasteiger partial charge in [-0.15, -0.1) is 0 Å². The van der Waals surface area contributed by atoms with Gasteiger partial charge in [-0.1, -0.05) is 19.9 Å². The molecule has 5 rings (SSSR count). The fourth-order valence-corrected chi connectivity index (χ4v) is 6.17. The number of fused-ring (bicyclic) bond motifs is 4. The summed E-state index contributed by atoms with van der Waals surface area (Å²) < 4.78 is 35.1. The largest absolute Gasteiger partial charge is 0.368 e. The number of H-pyrrole nitrogens is 1. The molecule has 2 heterocycles. The van der Waals surface area contributed by atoms with E-state index in [9.17, 15) is 23.0 Å². The van der Waals surface area contributed by atoms with Crippen molar-refractivity contribution < 1.29 is 17.8 Å². The molecule has 2 N–H and O–H groups in total. The van der Waals surface area contributed by atoms with Crippen LogP contribution in [0, 0.1) is 11.3 Å². The van der Waals surface area contributed by atoms with Gasteiger partial charge in [0.2, 0.25) is 0 Å². The maximum atomic E-state index is 13.7. The van der Waals surface area contributed by atoms with Crippen molar-refractivity contribution in [3.63, 3.8) is 0 Å². The van der Waals surface area contributed by atoms with Crippen molar-refractivity contribution in [2.45, 2.75) is 44.0 Å². The number of aromatic nitrogens is 1. The van der Waals surface area contributed by atoms with Crippen LogP contribution in [0.5, 0.6) is 0 Å². The highest BCUT2D eigenvalue weighted by molar-refractivity contribution is 7.86. The van der Waals surface area contributed by atoms with Crippen molar-refractivity contribution in [3.05, 3.63) is 58.3 Å². The van der Waals surface area contributed by atoms with Gasteiger partial charge in [0.05, 0.1) is 22.9 Å². The minimum Gasteiger partial charge on any atom is -0.368 e. The topological polar surface area (TPSA) is 118 Å². The van der Waals surface area contributed by atoms with Crippen LogP contribution < -0.4 is 4.90 Å². The maximum absolute atomic E-state index is 13.7. The van der Waals surface area contributed by atoms with E-state index in [1.165, 1.54) is 6.07 Å².